The highest BCUT2D eigenvalue weighted by Gasteiger charge is 2.24. The van der Waals surface area contributed by atoms with Crippen LogP contribution in [0.5, 0.6) is 0 Å². The molecule has 0 aliphatic heterocycles. The molecule has 4 aromatic rings. The first kappa shape index (κ1) is 26.5. The number of benzene rings is 2. The number of nitrogens with one attached hydrogen (secondary N) is 2. The van der Waals surface area contributed by atoms with Crippen LogP contribution in [0.15, 0.2) is 48.5 Å². The van der Waals surface area contributed by atoms with E-state index in [0.717, 1.165) is 95.4 Å². The Labute approximate surface area is 235 Å². The second-order valence-electron chi connectivity index (χ2n) is 11.4. The molecule has 2 aliphatic rings. The third kappa shape index (κ3) is 5.34. The normalized spacial score (nSPS) is 16.8. The van der Waals surface area contributed by atoms with Crippen LogP contribution in [-0.2, 0) is 22.7 Å². The molecular formula is C33H39N3O4. The number of para-hydroxylation sites is 1. The number of rotatable bonds is 6. The topological polar surface area (TPSA) is 81.1 Å². The van der Waals surface area contributed by atoms with Crippen LogP contribution >= 0.6 is 0 Å². The van der Waals surface area contributed by atoms with Crippen molar-refractivity contribution in [3.8, 4) is 0 Å². The van der Waals surface area contributed by atoms with Gasteiger partial charge in [0, 0.05) is 39.7 Å². The average Bonchev–Trinajstić information content (AvgIpc) is 3.27. The number of aryl methyl sites for hydroxylation is 1. The molecule has 0 spiro atoms. The summed E-state index contributed by atoms with van der Waals surface area (Å²) >= 11 is 0. The van der Waals surface area contributed by atoms with Crippen LogP contribution in [0.3, 0.4) is 0 Å². The van der Waals surface area contributed by atoms with Gasteiger partial charge in [-0.2, -0.15) is 0 Å². The van der Waals surface area contributed by atoms with E-state index in [1.807, 2.05) is 12.1 Å². The second kappa shape index (κ2) is 11.8. The van der Waals surface area contributed by atoms with Crippen LogP contribution in [-0.4, -0.2) is 28.7 Å². The molecule has 6 rings (SSSR count). The molecule has 40 heavy (non-hydrogen) atoms. The number of ether oxygens (including phenoxy) is 2. The van der Waals surface area contributed by atoms with Crippen molar-refractivity contribution < 1.29 is 19.1 Å². The summed E-state index contributed by atoms with van der Waals surface area (Å²) in [5.41, 5.74) is 4.80. The maximum Gasteiger partial charge on any atom is 0.407 e. The Balaban J connectivity index is 1.36. The first-order valence-electron chi connectivity index (χ1n) is 14.9. The summed E-state index contributed by atoms with van der Waals surface area (Å²) in [7, 11) is 0. The van der Waals surface area contributed by atoms with Crippen LogP contribution in [0, 0.1) is 6.92 Å². The lowest BCUT2D eigenvalue weighted by Crippen LogP contribution is -2.36. The van der Waals surface area contributed by atoms with Gasteiger partial charge in [-0.05, 0) is 44.1 Å². The number of hydrogen-bond acceptors (Lipinski definition) is 4. The summed E-state index contributed by atoms with van der Waals surface area (Å²) < 4.78 is 13.9. The molecule has 2 heterocycles. The van der Waals surface area contributed by atoms with Crippen LogP contribution < -0.4 is 10.6 Å². The summed E-state index contributed by atoms with van der Waals surface area (Å²) in [5, 5.41) is 9.48. The number of carbonyl (C=O) groups is 2. The maximum atomic E-state index is 12.9. The fraction of sp³-hybridized carbons (Fsp3) is 0.455. The molecule has 210 valence electrons. The van der Waals surface area contributed by atoms with Gasteiger partial charge in [0.2, 0.25) is 0 Å². The van der Waals surface area contributed by atoms with E-state index in [9.17, 15) is 9.59 Å². The molecule has 2 amide bonds. The molecule has 2 aromatic heterocycles. The van der Waals surface area contributed by atoms with Gasteiger partial charge < -0.3 is 24.5 Å². The SMILES string of the molecule is Cc1c(COC(=O)NC2CCCCC2)c(COC(=O)NC2CCCCC2)c2c3ccccc3c3ccccc3n12. The van der Waals surface area contributed by atoms with Gasteiger partial charge >= 0.3 is 12.2 Å². The van der Waals surface area contributed by atoms with Crippen molar-refractivity contribution in [2.75, 3.05) is 0 Å². The Morgan fingerprint density at radius 2 is 1.20 bits per heavy atom. The smallest absolute Gasteiger partial charge is 0.407 e. The number of fused-ring (bicyclic) bond motifs is 6. The van der Waals surface area contributed by atoms with E-state index in [1.165, 1.54) is 12.8 Å². The third-order valence-corrected chi connectivity index (χ3v) is 8.81. The van der Waals surface area contributed by atoms with Crippen LogP contribution in [0.25, 0.3) is 27.2 Å². The maximum absolute atomic E-state index is 12.9. The molecule has 0 unspecified atom stereocenters. The standard InChI is InChI=1S/C33H39N3O4/c1-22-28(20-39-32(37)34-23-12-4-2-5-13-23)29(21-40-33(38)35-24-14-6-3-7-15-24)31-27-18-9-8-16-25(27)26-17-10-11-19-30(26)36(22)31/h8-11,16-19,23-24H,2-7,12-15,20-21H2,1H3,(H,34,37)(H,35,38). The number of pyridine rings is 1. The van der Waals surface area contributed by atoms with E-state index < -0.39 is 12.2 Å². The minimum absolute atomic E-state index is 0.0984. The zero-order chi connectivity index (χ0) is 27.5. The van der Waals surface area contributed by atoms with Gasteiger partial charge in [-0.3, -0.25) is 0 Å². The van der Waals surface area contributed by atoms with Gasteiger partial charge in [-0.1, -0.05) is 81.0 Å². The molecule has 0 atom stereocenters. The van der Waals surface area contributed by atoms with Crippen LogP contribution in [0.1, 0.15) is 81.0 Å². The van der Waals surface area contributed by atoms with Crippen molar-refractivity contribution in [1.82, 2.24) is 15.0 Å². The van der Waals surface area contributed by atoms with E-state index in [0.29, 0.717) is 0 Å². The molecule has 2 N–H and O–H groups in total. The Morgan fingerprint density at radius 1 is 0.700 bits per heavy atom. The Bertz CT molecular complexity index is 1530. The number of alkyl carbamates (subject to hydrolysis) is 2. The van der Waals surface area contributed by atoms with Gasteiger partial charge in [-0.15, -0.1) is 0 Å². The minimum Gasteiger partial charge on any atom is -0.445 e. The fourth-order valence-electron chi connectivity index (χ4n) is 6.74. The number of nitrogens with zero attached hydrogens (tertiary/aromatic N) is 1. The number of aromatic nitrogens is 1. The largest absolute Gasteiger partial charge is 0.445 e. The molecule has 2 aliphatic carbocycles. The zero-order valence-corrected chi connectivity index (χ0v) is 23.3. The summed E-state index contributed by atoms with van der Waals surface area (Å²) in [6, 6.07) is 17.0. The number of hydrogen-bond donors (Lipinski definition) is 2. The lowest BCUT2D eigenvalue weighted by Gasteiger charge is -2.22. The highest BCUT2D eigenvalue weighted by molar-refractivity contribution is 6.13. The first-order valence-corrected chi connectivity index (χ1v) is 14.9. The van der Waals surface area contributed by atoms with Crippen molar-refractivity contribution >= 4 is 39.4 Å². The van der Waals surface area contributed by atoms with Gasteiger partial charge in [0.25, 0.3) is 0 Å². The van der Waals surface area contributed by atoms with Crippen molar-refractivity contribution in [1.29, 1.82) is 0 Å². The summed E-state index contributed by atoms with van der Waals surface area (Å²) in [4.78, 5) is 25.7. The monoisotopic (exact) mass is 541 g/mol. The fourth-order valence-corrected chi connectivity index (χ4v) is 6.74. The molecule has 0 radical (unpaired) electrons. The van der Waals surface area contributed by atoms with Gasteiger partial charge in [0.15, 0.2) is 0 Å². The van der Waals surface area contributed by atoms with E-state index in [1.54, 1.807) is 0 Å². The molecule has 0 bridgehead atoms. The Morgan fingerprint density at radius 3 is 1.80 bits per heavy atom. The number of carbonyl (C=O) groups excluding carboxylic acids is 2. The third-order valence-electron chi connectivity index (χ3n) is 8.81. The van der Waals surface area contributed by atoms with E-state index >= 15 is 0 Å². The lowest BCUT2D eigenvalue weighted by molar-refractivity contribution is 0.125. The van der Waals surface area contributed by atoms with Gasteiger partial charge in [-0.25, -0.2) is 9.59 Å². The Hall–Kier alpha value is -3.74. The average molecular weight is 542 g/mol. The highest BCUT2D eigenvalue weighted by Crippen LogP contribution is 2.36. The molecule has 7 heteroatoms. The molecule has 2 aromatic carbocycles. The molecule has 2 saturated carbocycles. The van der Waals surface area contributed by atoms with Gasteiger partial charge in [0.05, 0.1) is 11.0 Å². The Kier molecular flexibility index (Phi) is 7.80. The molecule has 7 nitrogen and oxygen atoms in total. The first-order chi connectivity index (χ1) is 19.6. The van der Waals surface area contributed by atoms with Crippen molar-refractivity contribution in [3.63, 3.8) is 0 Å². The van der Waals surface area contributed by atoms with Gasteiger partial charge in [0.1, 0.15) is 13.2 Å². The van der Waals surface area contributed by atoms with Crippen molar-refractivity contribution in [2.45, 2.75) is 96.4 Å². The zero-order valence-electron chi connectivity index (χ0n) is 23.3. The predicted molar refractivity (Wildman–Crippen MR) is 158 cm³/mol. The van der Waals surface area contributed by atoms with Crippen molar-refractivity contribution in [3.05, 3.63) is 65.4 Å². The summed E-state index contributed by atoms with van der Waals surface area (Å²) in [5.74, 6) is 0. The van der Waals surface area contributed by atoms with Crippen LogP contribution in [0.4, 0.5) is 9.59 Å². The predicted octanol–water partition coefficient (Wildman–Crippen LogP) is 7.67. The van der Waals surface area contributed by atoms with Crippen molar-refractivity contribution in [2.24, 2.45) is 0 Å². The summed E-state index contributed by atoms with van der Waals surface area (Å²) in [6.45, 7) is 2.26. The highest BCUT2D eigenvalue weighted by atomic mass is 16.6. The van der Waals surface area contributed by atoms with E-state index in [-0.39, 0.29) is 25.3 Å². The van der Waals surface area contributed by atoms with E-state index in [2.05, 4.69) is 58.4 Å². The summed E-state index contributed by atoms with van der Waals surface area (Å²) in [6.07, 6.45) is 10.2. The lowest BCUT2D eigenvalue weighted by atomic mass is 9.96. The second-order valence-corrected chi connectivity index (χ2v) is 11.4. The number of amides is 2. The van der Waals surface area contributed by atoms with E-state index in [4.69, 9.17) is 9.47 Å². The molecule has 0 saturated heterocycles. The molecular weight excluding hydrogens is 502 g/mol. The molecule has 2 fully saturated rings. The minimum atomic E-state index is -0.393. The van der Waals surface area contributed by atoms with Crippen LogP contribution in [0.2, 0.25) is 0 Å². The quantitative estimate of drug-likeness (QED) is 0.245.